The van der Waals surface area contributed by atoms with Crippen molar-refractivity contribution in [3.63, 3.8) is 0 Å². The number of imidazole rings is 1. The molecule has 3 nitrogen and oxygen atoms in total. The molecule has 3 aromatic rings. The molecule has 0 aliphatic carbocycles. The van der Waals surface area contributed by atoms with Gasteiger partial charge in [0, 0.05) is 29.3 Å². The van der Waals surface area contributed by atoms with Crippen LogP contribution in [0, 0.1) is 0 Å². The van der Waals surface area contributed by atoms with Gasteiger partial charge in [0.15, 0.2) is 0 Å². The molecule has 1 N–H and O–H groups in total. The van der Waals surface area contributed by atoms with Crippen molar-refractivity contribution >= 4 is 29.7 Å². The van der Waals surface area contributed by atoms with Gasteiger partial charge in [-0.1, -0.05) is 55.5 Å². The first-order chi connectivity index (χ1) is 12.4. The third kappa shape index (κ3) is 5.41. The van der Waals surface area contributed by atoms with Crippen LogP contribution in [0.25, 0.3) is 5.57 Å². The van der Waals surface area contributed by atoms with E-state index in [2.05, 4.69) is 52.6 Å². The molecule has 0 saturated heterocycles. The maximum absolute atomic E-state index is 5.94. The number of para-hydroxylation sites is 1. The van der Waals surface area contributed by atoms with Crippen molar-refractivity contribution in [1.29, 1.82) is 0 Å². The van der Waals surface area contributed by atoms with E-state index >= 15 is 0 Å². The van der Waals surface area contributed by atoms with Gasteiger partial charge < -0.3 is 9.72 Å². The van der Waals surface area contributed by atoms with Gasteiger partial charge in [-0.3, -0.25) is 0 Å². The Kier molecular flexibility index (Phi) is 8.32. The average Bonchev–Trinajstić information content (AvgIpc) is 3.19. The van der Waals surface area contributed by atoms with Gasteiger partial charge in [-0.25, -0.2) is 4.98 Å². The van der Waals surface area contributed by atoms with E-state index in [9.17, 15) is 0 Å². The lowest BCUT2D eigenvalue weighted by molar-refractivity contribution is 0.316. The van der Waals surface area contributed by atoms with E-state index in [0.717, 1.165) is 34.9 Å². The van der Waals surface area contributed by atoms with E-state index < -0.39 is 0 Å². The first-order valence-corrected chi connectivity index (χ1v) is 9.51. The SMILES string of the molecule is CCCOc1ccccc1/C(=C/SCc1ccccc1)c1ncc[nH]1.Cl. The number of halogens is 1. The summed E-state index contributed by atoms with van der Waals surface area (Å²) in [7, 11) is 0. The van der Waals surface area contributed by atoms with Crippen LogP contribution in [-0.4, -0.2) is 16.6 Å². The van der Waals surface area contributed by atoms with Crippen molar-refractivity contribution in [2.45, 2.75) is 19.1 Å². The van der Waals surface area contributed by atoms with E-state index in [1.807, 2.05) is 30.5 Å². The highest BCUT2D eigenvalue weighted by Gasteiger charge is 2.13. The molecule has 5 heteroatoms. The summed E-state index contributed by atoms with van der Waals surface area (Å²) in [6, 6.07) is 18.6. The number of thioether (sulfide) groups is 1. The van der Waals surface area contributed by atoms with Crippen molar-refractivity contribution in [3.05, 3.63) is 89.4 Å². The number of ether oxygens (including phenoxy) is 1. The molecule has 0 aliphatic heterocycles. The van der Waals surface area contributed by atoms with Gasteiger partial charge in [0.25, 0.3) is 0 Å². The maximum Gasteiger partial charge on any atom is 0.138 e. The summed E-state index contributed by atoms with van der Waals surface area (Å²) in [6.45, 7) is 2.82. The molecule has 26 heavy (non-hydrogen) atoms. The maximum atomic E-state index is 5.94. The number of aromatic nitrogens is 2. The number of H-pyrrole nitrogens is 1. The molecule has 1 heterocycles. The molecular formula is C21H23ClN2OS. The molecule has 0 bridgehead atoms. The topological polar surface area (TPSA) is 37.9 Å². The molecule has 0 fully saturated rings. The van der Waals surface area contributed by atoms with Crippen molar-refractivity contribution in [2.75, 3.05) is 6.61 Å². The third-order valence-corrected chi connectivity index (χ3v) is 4.59. The Balaban J connectivity index is 0.00000243. The second-order valence-electron chi connectivity index (χ2n) is 5.61. The fraction of sp³-hybridized carbons (Fsp3) is 0.190. The lowest BCUT2D eigenvalue weighted by Crippen LogP contribution is -2.00. The molecule has 0 saturated carbocycles. The Bertz CT molecular complexity index is 804. The summed E-state index contributed by atoms with van der Waals surface area (Å²) >= 11 is 1.76. The number of nitrogens with one attached hydrogen (secondary N) is 1. The van der Waals surface area contributed by atoms with Crippen LogP contribution >= 0.6 is 24.2 Å². The highest BCUT2D eigenvalue weighted by molar-refractivity contribution is 8.01. The first-order valence-electron chi connectivity index (χ1n) is 8.46. The summed E-state index contributed by atoms with van der Waals surface area (Å²) in [6.07, 6.45) is 4.61. The van der Waals surface area contributed by atoms with Gasteiger partial charge in [0.2, 0.25) is 0 Å². The molecule has 0 amide bonds. The number of aromatic amines is 1. The van der Waals surface area contributed by atoms with Crippen molar-refractivity contribution in [3.8, 4) is 5.75 Å². The molecule has 0 unspecified atom stereocenters. The van der Waals surface area contributed by atoms with Crippen LogP contribution < -0.4 is 4.74 Å². The Hall–Kier alpha value is -2.17. The predicted octanol–water partition coefficient (Wildman–Crippen LogP) is 5.94. The highest BCUT2D eigenvalue weighted by Crippen LogP contribution is 2.32. The average molecular weight is 387 g/mol. The molecule has 2 aromatic carbocycles. The minimum atomic E-state index is 0. The molecule has 0 aliphatic rings. The van der Waals surface area contributed by atoms with Crippen LogP contribution in [0.2, 0.25) is 0 Å². The lowest BCUT2D eigenvalue weighted by atomic mass is 10.1. The Labute approximate surface area is 165 Å². The summed E-state index contributed by atoms with van der Waals surface area (Å²) in [5.41, 5.74) is 3.42. The largest absolute Gasteiger partial charge is 0.493 e. The number of rotatable bonds is 8. The Morgan fingerprint density at radius 3 is 2.62 bits per heavy atom. The van der Waals surface area contributed by atoms with Gasteiger partial charge in [0.1, 0.15) is 11.6 Å². The van der Waals surface area contributed by atoms with E-state index in [0.29, 0.717) is 6.61 Å². The zero-order valence-corrected chi connectivity index (χ0v) is 16.4. The molecule has 1 aromatic heterocycles. The summed E-state index contributed by atoms with van der Waals surface area (Å²) in [4.78, 5) is 7.67. The van der Waals surface area contributed by atoms with Crippen LogP contribution in [0.4, 0.5) is 0 Å². The van der Waals surface area contributed by atoms with Crippen LogP contribution in [0.5, 0.6) is 5.75 Å². The van der Waals surface area contributed by atoms with Gasteiger partial charge in [-0.15, -0.1) is 24.2 Å². The van der Waals surface area contributed by atoms with Crippen molar-refractivity contribution in [2.24, 2.45) is 0 Å². The van der Waals surface area contributed by atoms with Gasteiger partial charge in [-0.2, -0.15) is 0 Å². The first kappa shape index (κ1) is 20.1. The minimum absolute atomic E-state index is 0. The highest BCUT2D eigenvalue weighted by atomic mass is 35.5. The second-order valence-corrected chi connectivity index (χ2v) is 6.47. The molecule has 0 spiro atoms. The number of nitrogens with zero attached hydrogens (tertiary/aromatic N) is 1. The smallest absolute Gasteiger partial charge is 0.138 e. The van der Waals surface area contributed by atoms with Crippen molar-refractivity contribution < 1.29 is 4.74 Å². The third-order valence-electron chi connectivity index (χ3n) is 3.69. The van der Waals surface area contributed by atoms with E-state index in [1.165, 1.54) is 5.56 Å². The normalized spacial score (nSPS) is 11.0. The Morgan fingerprint density at radius 2 is 1.88 bits per heavy atom. The second kappa shape index (κ2) is 10.7. The molecule has 3 rings (SSSR count). The van der Waals surface area contributed by atoms with Gasteiger partial charge >= 0.3 is 0 Å². The van der Waals surface area contributed by atoms with Crippen LogP contribution in [0.15, 0.2) is 72.4 Å². The molecule has 0 radical (unpaired) electrons. The fourth-order valence-corrected chi connectivity index (χ4v) is 3.36. The molecule has 136 valence electrons. The Morgan fingerprint density at radius 1 is 1.12 bits per heavy atom. The standard InChI is InChI=1S/C21H22N2OS.ClH/c1-2-14-24-20-11-7-6-10-18(20)19(21-22-12-13-23-21)16-25-15-17-8-4-3-5-9-17;/h3-13,16H,2,14-15H2,1H3,(H,22,23);1H/b19-16-;. The zero-order valence-electron chi connectivity index (χ0n) is 14.7. The molecular weight excluding hydrogens is 364 g/mol. The van der Waals surface area contributed by atoms with Crippen molar-refractivity contribution in [1.82, 2.24) is 9.97 Å². The summed E-state index contributed by atoms with van der Waals surface area (Å²) < 4.78 is 5.94. The van der Waals surface area contributed by atoms with Crippen LogP contribution in [0.3, 0.4) is 0 Å². The number of benzene rings is 2. The van der Waals surface area contributed by atoms with Gasteiger partial charge in [-0.05, 0) is 23.5 Å². The quantitative estimate of drug-likeness (QED) is 0.520. The number of hydrogen-bond acceptors (Lipinski definition) is 3. The molecule has 0 atom stereocenters. The van der Waals surface area contributed by atoms with Gasteiger partial charge in [0.05, 0.1) is 6.61 Å². The lowest BCUT2D eigenvalue weighted by Gasteiger charge is -2.12. The van der Waals surface area contributed by atoms with E-state index in [1.54, 1.807) is 18.0 Å². The van der Waals surface area contributed by atoms with E-state index in [4.69, 9.17) is 4.74 Å². The minimum Gasteiger partial charge on any atom is -0.493 e. The number of hydrogen-bond donors (Lipinski definition) is 1. The van der Waals surface area contributed by atoms with E-state index in [-0.39, 0.29) is 12.4 Å². The predicted molar refractivity (Wildman–Crippen MR) is 113 cm³/mol. The van der Waals surface area contributed by atoms with Crippen LogP contribution in [0.1, 0.15) is 30.3 Å². The zero-order chi connectivity index (χ0) is 17.3. The monoisotopic (exact) mass is 386 g/mol. The van der Waals surface area contributed by atoms with Crippen LogP contribution in [-0.2, 0) is 5.75 Å². The summed E-state index contributed by atoms with van der Waals surface area (Å²) in [5, 5.41) is 2.17. The summed E-state index contributed by atoms with van der Waals surface area (Å²) in [5.74, 6) is 2.67. The fourth-order valence-electron chi connectivity index (χ4n) is 2.48.